The van der Waals surface area contributed by atoms with Crippen LogP contribution in [0.4, 0.5) is 15.3 Å². The van der Waals surface area contributed by atoms with Crippen molar-refractivity contribution in [3.63, 3.8) is 0 Å². The van der Waals surface area contributed by atoms with Crippen LogP contribution in [0.2, 0.25) is 0 Å². The van der Waals surface area contributed by atoms with Gasteiger partial charge >= 0.3 is 18.1 Å². The van der Waals surface area contributed by atoms with E-state index in [1.54, 1.807) is 25.4 Å². The summed E-state index contributed by atoms with van der Waals surface area (Å²) in [5, 5.41) is 17.7. The highest BCUT2D eigenvalue weighted by Gasteiger charge is 2.21. The van der Waals surface area contributed by atoms with Gasteiger partial charge in [0.05, 0.1) is 0 Å². The monoisotopic (exact) mass is 528 g/mol. The van der Waals surface area contributed by atoms with Crippen LogP contribution >= 0.6 is 0 Å². The van der Waals surface area contributed by atoms with Crippen molar-refractivity contribution in [1.29, 1.82) is 0 Å². The first-order chi connectivity index (χ1) is 18.9. The second-order valence-electron chi connectivity index (χ2n) is 8.61. The number of nitrogens with one attached hydrogen (secondary N) is 3. The molecule has 0 aliphatic carbocycles. The normalized spacial score (nSPS) is 12.0. The van der Waals surface area contributed by atoms with Crippen LogP contribution < -0.4 is 16.0 Å². The average molecular weight is 529 g/mol. The Morgan fingerprint density at radius 2 is 1.69 bits per heavy atom. The zero-order chi connectivity index (χ0) is 28.0. The van der Waals surface area contributed by atoms with Crippen molar-refractivity contribution in [2.75, 3.05) is 12.4 Å². The van der Waals surface area contributed by atoms with Gasteiger partial charge in [-0.1, -0.05) is 73.7 Å². The third-order valence-corrected chi connectivity index (χ3v) is 5.73. The van der Waals surface area contributed by atoms with E-state index in [1.807, 2.05) is 79.7 Å². The molecule has 0 aliphatic rings. The number of aliphatic imine (C=N–C) groups is 1. The number of carboxylic acid groups (broad SMARTS) is 1. The van der Waals surface area contributed by atoms with Gasteiger partial charge in [0.2, 0.25) is 0 Å². The Balaban J connectivity index is 1.59. The minimum absolute atomic E-state index is 0.0490. The van der Waals surface area contributed by atoms with Gasteiger partial charge in [-0.2, -0.15) is 0 Å². The molecule has 0 heterocycles. The lowest BCUT2D eigenvalue weighted by molar-refractivity contribution is -0.139. The third kappa shape index (κ3) is 9.47. The van der Waals surface area contributed by atoms with E-state index in [9.17, 15) is 19.5 Å². The number of benzene rings is 3. The lowest BCUT2D eigenvalue weighted by Gasteiger charge is -2.15. The van der Waals surface area contributed by atoms with Crippen LogP contribution in [0, 0.1) is 0 Å². The van der Waals surface area contributed by atoms with E-state index in [4.69, 9.17) is 4.74 Å². The highest BCUT2D eigenvalue weighted by molar-refractivity contribution is 5.91. The van der Waals surface area contributed by atoms with E-state index in [0.717, 1.165) is 28.0 Å². The number of ether oxygens (including phenoxy) is 1. The summed E-state index contributed by atoms with van der Waals surface area (Å²) in [4.78, 5) is 40.2. The predicted molar refractivity (Wildman–Crippen MR) is 152 cm³/mol. The molecule has 3 aromatic rings. The van der Waals surface area contributed by atoms with Gasteiger partial charge in [0.15, 0.2) is 0 Å². The molecule has 0 radical (unpaired) electrons. The fourth-order valence-electron chi connectivity index (χ4n) is 3.67. The number of rotatable bonds is 11. The van der Waals surface area contributed by atoms with Crippen molar-refractivity contribution in [2.45, 2.75) is 32.4 Å². The number of carbonyl (C=O) groups excluding carboxylic acids is 2. The molecule has 3 aromatic carbocycles. The number of hydrogen-bond acceptors (Lipinski definition) is 5. The van der Waals surface area contributed by atoms with Crippen molar-refractivity contribution in [3.8, 4) is 11.1 Å². The Morgan fingerprint density at radius 3 is 2.36 bits per heavy atom. The molecule has 0 bridgehead atoms. The van der Waals surface area contributed by atoms with Crippen LogP contribution in [-0.4, -0.2) is 42.5 Å². The van der Waals surface area contributed by atoms with E-state index in [-0.39, 0.29) is 19.1 Å². The molecule has 202 valence electrons. The van der Waals surface area contributed by atoms with E-state index >= 15 is 0 Å². The second kappa shape index (κ2) is 14.7. The molecule has 0 aromatic heterocycles. The molecular formula is C30H32N4O5. The standard InChI is InChI=1S/C30H32N4O5/c1-3-25(16-17-31-2)32-29(37)33-26-11-7-10-24(19-26)23-14-12-21(13-15-23)18-27(28(35)36)34-30(38)39-20-22-8-5-4-6-9-22/h4-17,19,27H,3,18,20H2,1-2H3,(H,34,38)(H,35,36)(H2,32,33,37)/b25-16+,31-17?. The molecular weight excluding hydrogens is 496 g/mol. The molecule has 9 nitrogen and oxygen atoms in total. The third-order valence-electron chi connectivity index (χ3n) is 5.73. The Morgan fingerprint density at radius 1 is 0.949 bits per heavy atom. The Labute approximate surface area is 227 Å². The van der Waals surface area contributed by atoms with Crippen molar-refractivity contribution < 1.29 is 24.2 Å². The Kier molecular flexibility index (Phi) is 10.8. The number of urea groups is 1. The summed E-state index contributed by atoms with van der Waals surface area (Å²) >= 11 is 0. The van der Waals surface area contributed by atoms with Crippen LogP contribution in [0.3, 0.4) is 0 Å². The van der Waals surface area contributed by atoms with Gasteiger partial charge in [0.25, 0.3) is 0 Å². The SMILES string of the molecule is CC/C(=C\C=NC)NC(=O)Nc1cccc(-c2ccc(CC(NC(=O)OCc3ccccc3)C(=O)O)cc2)c1. The highest BCUT2D eigenvalue weighted by atomic mass is 16.5. The van der Waals surface area contributed by atoms with Crippen LogP contribution in [0.25, 0.3) is 11.1 Å². The van der Waals surface area contributed by atoms with Gasteiger partial charge < -0.3 is 25.8 Å². The van der Waals surface area contributed by atoms with Gasteiger partial charge in [0, 0.05) is 31.1 Å². The fourth-order valence-corrected chi connectivity index (χ4v) is 3.67. The molecule has 1 atom stereocenters. The Hall–Kier alpha value is -4.92. The lowest BCUT2D eigenvalue weighted by atomic mass is 10.0. The minimum Gasteiger partial charge on any atom is -0.480 e. The summed E-state index contributed by atoms with van der Waals surface area (Å²) in [7, 11) is 1.66. The van der Waals surface area contributed by atoms with Crippen molar-refractivity contribution >= 4 is 30.0 Å². The molecule has 0 spiro atoms. The van der Waals surface area contributed by atoms with Gasteiger partial charge in [-0.05, 0) is 46.9 Å². The number of allylic oxidation sites excluding steroid dienone is 2. The first-order valence-corrected chi connectivity index (χ1v) is 12.5. The number of aliphatic carboxylic acids is 1. The molecule has 0 aliphatic heterocycles. The second-order valence-corrected chi connectivity index (χ2v) is 8.61. The summed E-state index contributed by atoms with van der Waals surface area (Å²) in [5.41, 5.74) is 4.66. The molecule has 9 heteroatoms. The molecule has 3 rings (SSSR count). The van der Waals surface area contributed by atoms with Gasteiger partial charge in [-0.25, -0.2) is 14.4 Å². The van der Waals surface area contributed by atoms with Crippen molar-refractivity contribution in [1.82, 2.24) is 10.6 Å². The Bertz CT molecular complexity index is 1320. The van der Waals surface area contributed by atoms with E-state index < -0.39 is 18.1 Å². The highest BCUT2D eigenvalue weighted by Crippen LogP contribution is 2.23. The molecule has 0 saturated carbocycles. The fraction of sp³-hybridized carbons (Fsp3) is 0.200. The molecule has 0 saturated heterocycles. The smallest absolute Gasteiger partial charge is 0.408 e. The summed E-state index contributed by atoms with van der Waals surface area (Å²) in [6.45, 7) is 1.99. The minimum atomic E-state index is -1.16. The topological polar surface area (TPSA) is 129 Å². The molecule has 39 heavy (non-hydrogen) atoms. The van der Waals surface area contributed by atoms with Crippen LogP contribution in [0.15, 0.2) is 95.6 Å². The molecule has 4 N–H and O–H groups in total. The van der Waals surface area contributed by atoms with E-state index in [1.165, 1.54) is 0 Å². The molecule has 0 fully saturated rings. The van der Waals surface area contributed by atoms with Gasteiger partial charge in [0.1, 0.15) is 12.6 Å². The number of anilines is 1. The largest absolute Gasteiger partial charge is 0.480 e. The summed E-state index contributed by atoms with van der Waals surface area (Å²) in [6, 6.07) is 22.4. The first-order valence-electron chi connectivity index (χ1n) is 12.5. The summed E-state index contributed by atoms with van der Waals surface area (Å²) < 4.78 is 5.15. The molecule has 1 unspecified atom stereocenters. The predicted octanol–water partition coefficient (Wildman–Crippen LogP) is 5.39. The van der Waals surface area contributed by atoms with Crippen LogP contribution in [0.1, 0.15) is 24.5 Å². The van der Waals surface area contributed by atoms with E-state index in [2.05, 4.69) is 20.9 Å². The number of carboxylic acids is 1. The van der Waals surface area contributed by atoms with Crippen molar-refractivity contribution in [2.24, 2.45) is 4.99 Å². The number of hydrogen-bond donors (Lipinski definition) is 4. The lowest BCUT2D eigenvalue weighted by Crippen LogP contribution is -2.42. The zero-order valence-corrected chi connectivity index (χ0v) is 21.9. The maximum Gasteiger partial charge on any atom is 0.408 e. The maximum atomic E-state index is 12.4. The maximum absolute atomic E-state index is 12.4. The van der Waals surface area contributed by atoms with E-state index in [0.29, 0.717) is 12.1 Å². The quantitative estimate of drug-likeness (QED) is 0.248. The number of nitrogens with zero attached hydrogens (tertiary/aromatic N) is 1. The summed E-state index contributed by atoms with van der Waals surface area (Å²) in [5.74, 6) is -1.16. The molecule has 3 amide bonds. The van der Waals surface area contributed by atoms with Gasteiger partial charge in [-0.3, -0.25) is 4.99 Å². The summed E-state index contributed by atoms with van der Waals surface area (Å²) in [6.07, 6.45) is 3.31. The average Bonchev–Trinajstić information content (AvgIpc) is 2.94. The number of carbonyl (C=O) groups is 3. The van der Waals surface area contributed by atoms with Crippen molar-refractivity contribution in [3.05, 3.63) is 102 Å². The first kappa shape index (κ1) is 28.6. The zero-order valence-electron chi connectivity index (χ0n) is 21.9. The number of alkyl carbamates (subject to hydrolysis) is 1. The van der Waals surface area contributed by atoms with Gasteiger partial charge in [-0.15, -0.1) is 0 Å². The number of amides is 3. The van der Waals surface area contributed by atoms with Crippen LogP contribution in [-0.2, 0) is 22.6 Å². The van der Waals surface area contributed by atoms with Crippen LogP contribution in [0.5, 0.6) is 0 Å².